The maximum absolute atomic E-state index is 13.4. The average molecular weight is 458 g/mol. The number of rotatable bonds is 6. The highest BCUT2D eigenvalue weighted by molar-refractivity contribution is 9.10. The molecule has 10 heteroatoms. The number of carboxylic acid groups (broad SMARTS) is 1. The highest BCUT2D eigenvalue weighted by Crippen LogP contribution is 2.37. The van der Waals surface area contributed by atoms with Crippen LogP contribution in [-0.2, 0) is 14.6 Å². The molecule has 26 heavy (non-hydrogen) atoms. The van der Waals surface area contributed by atoms with Gasteiger partial charge < -0.3 is 10.4 Å². The van der Waals surface area contributed by atoms with E-state index in [4.69, 9.17) is 0 Å². The first-order valence-electron chi connectivity index (χ1n) is 7.95. The molecule has 1 heterocycles. The Labute approximate surface area is 158 Å². The molecule has 1 saturated heterocycles. The maximum Gasteiger partial charge on any atom is 0.407 e. The lowest BCUT2D eigenvalue weighted by atomic mass is 9.79. The monoisotopic (exact) mass is 457 g/mol. The van der Waals surface area contributed by atoms with E-state index in [9.17, 15) is 31.5 Å². The number of halogens is 4. The van der Waals surface area contributed by atoms with Crippen molar-refractivity contribution in [1.82, 2.24) is 5.32 Å². The zero-order valence-corrected chi connectivity index (χ0v) is 16.1. The predicted octanol–water partition coefficient (Wildman–Crippen LogP) is 3.31. The van der Waals surface area contributed by atoms with Crippen LogP contribution < -0.4 is 5.32 Å². The normalized spacial score (nSPS) is 20.5. The largest absolute Gasteiger partial charge is 0.481 e. The molecule has 0 spiro atoms. The SMILES string of the molecule is O=C(O)C1(CCN[C@@H](c2ccc(Br)cc2)C(F)(F)F)CCS(=O)(=O)CC1. The van der Waals surface area contributed by atoms with Crippen molar-refractivity contribution >= 4 is 31.7 Å². The predicted molar refractivity (Wildman–Crippen MR) is 93.5 cm³/mol. The van der Waals surface area contributed by atoms with Crippen molar-refractivity contribution in [2.45, 2.75) is 31.5 Å². The van der Waals surface area contributed by atoms with Gasteiger partial charge in [0.2, 0.25) is 0 Å². The minimum Gasteiger partial charge on any atom is -0.481 e. The molecule has 0 amide bonds. The second kappa shape index (κ2) is 7.85. The first-order chi connectivity index (χ1) is 12.0. The molecule has 146 valence electrons. The fraction of sp³-hybridized carbons (Fsp3) is 0.562. The van der Waals surface area contributed by atoms with E-state index in [1.165, 1.54) is 24.3 Å². The van der Waals surface area contributed by atoms with E-state index < -0.39 is 33.4 Å². The number of hydrogen-bond acceptors (Lipinski definition) is 4. The Balaban J connectivity index is 2.08. The number of aliphatic carboxylic acids is 1. The molecule has 1 atom stereocenters. The molecule has 5 nitrogen and oxygen atoms in total. The van der Waals surface area contributed by atoms with Gasteiger partial charge in [0, 0.05) is 4.47 Å². The van der Waals surface area contributed by atoms with Crippen LogP contribution in [-0.4, -0.2) is 43.7 Å². The van der Waals surface area contributed by atoms with Crippen LogP contribution in [0.2, 0.25) is 0 Å². The van der Waals surface area contributed by atoms with Gasteiger partial charge in [-0.2, -0.15) is 13.2 Å². The van der Waals surface area contributed by atoms with Gasteiger partial charge in [0.05, 0.1) is 16.9 Å². The molecule has 0 radical (unpaired) electrons. The topological polar surface area (TPSA) is 83.5 Å². The first-order valence-corrected chi connectivity index (χ1v) is 10.6. The molecule has 0 aromatic heterocycles. The van der Waals surface area contributed by atoms with Crippen molar-refractivity contribution in [3.63, 3.8) is 0 Å². The quantitative estimate of drug-likeness (QED) is 0.684. The van der Waals surface area contributed by atoms with E-state index in [0.29, 0.717) is 4.47 Å². The van der Waals surface area contributed by atoms with Crippen molar-refractivity contribution in [2.75, 3.05) is 18.1 Å². The van der Waals surface area contributed by atoms with Gasteiger partial charge in [0.15, 0.2) is 0 Å². The van der Waals surface area contributed by atoms with Crippen LogP contribution in [0.1, 0.15) is 30.9 Å². The number of carbonyl (C=O) groups is 1. The molecule has 0 aliphatic carbocycles. The molecule has 2 N–H and O–H groups in total. The second-order valence-electron chi connectivity index (χ2n) is 6.47. The van der Waals surface area contributed by atoms with Gasteiger partial charge in [-0.15, -0.1) is 0 Å². The van der Waals surface area contributed by atoms with Gasteiger partial charge in [-0.1, -0.05) is 28.1 Å². The van der Waals surface area contributed by atoms with Crippen LogP contribution in [0, 0.1) is 5.41 Å². The van der Waals surface area contributed by atoms with E-state index in [2.05, 4.69) is 21.2 Å². The second-order valence-corrected chi connectivity index (χ2v) is 9.69. The van der Waals surface area contributed by atoms with Crippen molar-refractivity contribution < 1.29 is 31.5 Å². The third-order valence-corrected chi connectivity index (χ3v) is 6.90. The molecule has 1 aliphatic rings. The van der Waals surface area contributed by atoms with Crippen molar-refractivity contribution in [1.29, 1.82) is 0 Å². The van der Waals surface area contributed by atoms with Crippen LogP contribution in [0.5, 0.6) is 0 Å². The third-order valence-electron chi connectivity index (χ3n) is 4.72. The summed E-state index contributed by atoms with van der Waals surface area (Å²) in [5.74, 6) is -1.68. The molecule has 1 aromatic carbocycles. The summed E-state index contributed by atoms with van der Waals surface area (Å²) in [5, 5.41) is 11.9. The Morgan fingerprint density at radius 2 is 1.77 bits per heavy atom. The van der Waals surface area contributed by atoms with Gasteiger partial charge in [0.1, 0.15) is 15.9 Å². The lowest BCUT2D eigenvalue weighted by Crippen LogP contribution is -2.43. The summed E-state index contributed by atoms with van der Waals surface area (Å²) in [6.45, 7) is -0.188. The zero-order valence-electron chi connectivity index (χ0n) is 13.7. The molecule has 1 fully saturated rings. The van der Waals surface area contributed by atoms with Crippen LogP contribution in [0.25, 0.3) is 0 Å². The first kappa shape index (κ1) is 21.2. The van der Waals surface area contributed by atoms with Crippen molar-refractivity contribution in [3.8, 4) is 0 Å². The molecule has 0 unspecified atom stereocenters. The highest BCUT2D eigenvalue weighted by Gasteiger charge is 2.45. The zero-order chi connectivity index (χ0) is 19.6. The number of hydrogen-bond donors (Lipinski definition) is 2. The lowest BCUT2D eigenvalue weighted by Gasteiger charge is -2.33. The fourth-order valence-electron chi connectivity index (χ4n) is 3.03. The molecule has 2 rings (SSSR count). The van der Waals surface area contributed by atoms with Crippen LogP contribution in [0.3, 0.4) is 0 Å². The van der Waals surface area contributed by atoms with Crippen LogP contribution >= 0.6 is 15.9 Å². The summed E-state index contributed by atoms with van der Waals surface area (Å²) in [5.41, 5.74) is -1.29. The Bertz CT molecular complexity index is 736. The van der Waals surface area contributed by atoms with E-state index in [1.807, 2.05) is 0 Å². The summed E-state index contributed by atoms with van der Waals surface area (Å²) in [6.07, 6.45) is -4.77. The number of carboxylic acids is 1. The lowest BCUT2D eigenvalue weighted by molar-refractivity contribution is -0.158. The van der Waals surface area contributed by atoms with Crippen LogP contribution in [0.4, 0.5) is 13.2 Å². The number of sulfone groups is 1. The van der Waals surface area contributed by atoms with Gasteiger partial charge >= 0.3 is 12.1 Å². The molecule has 0 saturated carbocycles. The molecule has 1 aliphatic heterocycles. The minimum absolute atomic E-state index is 0.0243. The summed E-state index contributed by atoms with van der Waals surface area (Å²) >= 11 is 3.17. The standard InChI is InChI=1S/C16H19BrF3NO4S/c17-12-3-1-11(2-4-12)13(16(18,19)20)21-8-5-15(14(22)23)6-9-26(24,25)10-7-15/h1-4,13,21H,5-10H2,(H,22,23)/t13-/m0/s1. The fourth-order valence-corrected chi connectivity index (χ4v) is 4.91. The minimum atomic E-state index is -4.54. The number of alkyl halides is 3. The van der Waals surface area contributed by atoms with E-state index in [-0.39, 0.29) is 42.9 Å². The smallest absolute Gasteiger partial charge is 0.407 e. The maximum atomic E-state index is 13.4. The molecule has 1 aromatic rings. The summed E-state index contributed by atoms with van der Waals surface area (Å²) in [7, 11) is -3.27. The third kappa shape index (κ3) is 5.20. The molecular formula is C16H19BrF3NO4S. The average Bonchev–Trinajstić information content (AvgIpc) is 2.53. The van der Waals surface area contributed by atoms with Crippen LogP contribution in [0.15, 0.2) is 28.7 Å². The Morgan fingerprint density at radius 3 is 2.23 bits per heavy atom. The Hall–Kier alpha value is -1.13. The Morgan fingerprint density at radius 1 is 1.23 bits per heavy atom. The van der Waals surface area contributed by atoms with Gasteiger partial charge in [-0.25, -0.2) is 8.42 Å². The Kier molecular flexibility index (Phi) is 6.40. The van der Waals surface area contributed by atoms with Crippen molar-refractivity contribution in [2.24, 2.45) is 5.41 Å². The number of benzene rings is 1. The van der Waals surface area contributed by atoms with Crippen molar-refractivity contribution in [3.05, 3.63) is 34.3 Å². The highest BCUT2D eigenvalue weighted by atomic mass is 79.9. The molecular weight excluding hydrogens is 439 g/mol. The number of nitrogens with one attached hydrogen (secondary N) is 1. The summed E-state index contributed by atoms with van der Waals surface area (Å²) < 4.78 is 63.8. The summed E-state index contributed by atoms with van der Waals surface area (Å²) in [6, 6.07) is 3.76. The van der Waals surface area contributed by atoms with E-state index in [1.54, 1.807) is 0 Å². The van der Waals surface area contributed by atoms with E-state index >= 15 is 0 Å². The molecule has 0 bridgehead atoms. The van der Waals surface area contributed by atoms with E-state index in [0.717, 1.165) is 0 Å². The van der Waals surface area contributed by atoms with Gasteiger partial charge in [-0.3, -0.25) is 4.79 Å². The summed E-state index contributed by atoms with van der Waals surface area (Å²) in [4.78, 5) is 11.6. The van der Waals surface area contributed by atoms with Gasteiger partial charge in [0.25, 0.3) is 0 Å². The van der Waals surface area contributed by atoms with Gasteiger partial charge in [-0.05, 0) is 43.5 Å².